The lowest BCUT2D eigenvalue weighted by Crippen LogP contribution is -2.44. The third-order valence-electron chi connectivity index (χ3n) is 4.19. The van der Waals surface area contributed by atoms with Gasteiger partial charge in [0, 0.05) is 25.7 Å². The summed E-state index contributed by atoms with van der Waals surface area (Å²) >= 11 is 0. The lowest BCUT2D eigenvalue weighted by atomic mass is 10.0. The molecule has 2 N–H and O–H groups in total. The molecule has 116 valence electrons. The molecule has 2 aliphatic heterocycles. The molecule has 0 aromatic heterocycles. The van der Waals surface area contributed by atoms with Crippen molar-refractivity contribution in [3.63, 3.8) is 0 Å². The van der Waals surface area contributed by atoms with E-state index in [1.165, 1.54) is 12.7 Å². The highest BCUT2D eigenvalue weighted by molar-refractivity contribution is 7.88. The molecule has 1 unspecified atom stereocenters. The molecule has 7 heteroatoms. The van der Waals surface area contributed by atoms with Gasteiger partial charge < -0.3 is 10.6 Å². The summed E-state index contributed by atoms with van der Waals surface area (Å²) in [5.74, 6) is 1.22. The molecule has 0 radical (unpaired) electrons. The predicted octanol–water partition coefficient (Wildman–Crippen LogP) is 0.457. The minimum atomic E-state index is -3.12. The summed E-state index contributed by atoms with van der Waals surface area (Å²) < 4.78 is 24.9. The largest absolute Gasteiger partial charge is 0.370 e. The van der Waals surface area contributed by atoms with Crippen molar-refractivity contribution in [2.75, 3.05) is 32.4 Å². The van der Waals surface area contributed by atoms with Crippen molar-refractivity contribution in [2.45, 2.75) is 38.6 Å². The Kier molecular flexibility index (Phi) is 4.90. The summed E-state index contributed by atoms with van der Waals surface area (Å²) in [4.78, 5) is 6.56. The molecule has 0 aromatic carbocycles. The minimum Gasteiger partial charge on any atom is -0.370 e. The van der Waals surface area contributed by atoms with Gasteiger partial charge in [-0.25, -0.2) is 8.42 Å². The Balaban J connectivity index is 1.94. The number of piperidine rings is 1. The van der Waals surface area contributed by atoms with Crippen molar-refractivity contribution < 1.29 is 8.42 Å². The molecule has 0 amide bonds. The van der Waals surface area contributed by atoms with Gasteiger partial charge in [0.05, 0.1) is 12.8 Å². The van der Waals surface area contributed by atoms with E-state index in [1.807, 2.05) is 0 Å². The highest BCUT2D eigenvalue weighted by atomic mass is 32.2. The maximum Gasteiger partial charge on any atom is 0.211 e. The molecule has 2 rings (SSSR count). The Bertz CT molecular complexity index is 463. The molecule has 2 saturated heterocycles. The maximum atomic E-state index is 11.7. The van der Waals surface area contributed by atoms with E-state index in [4.69, 9.17) is 5.73 Å². The molecule has 2 atom stereocenters. The van der Waals surface area contributed by atoms with Gasteiger partial charge in [-0.2, -0.15) is 4.31 Å². The molecule has 0 spiro atoms. The lowest BCUT2D eigenvalue weighted by molar-refractivity contribution is 0.269. The van der Waals surface area contributed by atoms with Gasteiger partial charge in [0.2, 0.25) is 10.0 Å². The van der Waals surface area contributed by atoms with E-state index in [9.17, 15) is 8.42 Å². The second-order valence-corrected chi connectivity index (χ2v) is 8.00. The lowest BCUT2D eigenvalue weighted by Gasteiger charge is -2.32. The summed E-state index contributed by atoms with van der Waals surface area (Å²) in [7, 11) is -3.12. The van der Waals surface area contributed by atoms with Crippen LogP contribution in [0.25, 0.3) is 0 Å². The summed E-state index contributed by atoms with van der Waals surface area (Å²) in [6.07, 6.45) is 5.45. The molecule has 0 bridgehead atoms. The highest BCUT2D eigenvalue weighted by Gasteiger charge is 2.31. The van der Waals surface area contributed by atoms with Crippen LogP contribution in [0.3, 0.4) is 0 Å². The van der Waals surface area contributed by atoms with Gasteiger partial charge in [-0.1, -0.05) is 6.92 Å². The Morgan fingerprint density at radius 3 is 2.65 bits per heavy atom. The highest BCUT2D eigenvalue weighted by Crippen LogP contribution is 2.21. The standard InChI is InChI=1S/C13H26N4O2S/c1-11-5-3-7-16(10-11)13(14)15-9-12-6-4-8-17(12)20(2,18)19/h11-12H,3-10H2,1-2H3,(H2,14,15)/t11?,12-/m1/s1. The molecular weight excluding hydrogens is 276 g/mol. The van der Waals surface area contributed by atoms with Gasteiger partial charge in [0.25, 0.3) is 0 Å². The zero-order valence-electron chi connectivity index (χ0n) is 12.5. The van der Waals surface area contributed by atoms with Crippen molar-refractivity contribution in [2.24, 2.45) is 16.6 Å². The Morgan fingerprint density at radius 1 is 1.30 bits per heavy atom. The van der Waals surface area contributed by atoms with Gasteiger partial charge in [-0.3, -0.25) is 4.99 Å². The molecule has 0 aliphatic carbocycles. The Labute approximate surface area is 122 Å². The second-order valence-electron chi connectivity index (χ2n) is 6.06. The summed E-state index contributed by atoms with van der Waals surface area (Å²) in [5, 5.41) is 0. The van der Waals surface area contributed by atoms with Crippen LogP contribution in [0.4, 0.5) is 0 Å². The molecular formula is C13H26N4O2S. The van der Waals surface area contributed by atoms with Crippen LogP contribution in [-0.4, -0.2) is 62.1 Å². The second kappa shape index (κ2) is 6.30. The van der Waals surface area contributed by atoms with Crippen molar-refractivity contribution in [3.8, 4) is 0 Å². The van der Waals surface area contributed by atoms with Crippen molar-refractivity contribution in [1.29, 1.82) is 0 Å². The third-order valence-corrected chi connectivity index (χ3v) is 5.53. The molecule has 0 aromatic rings. The fraction of sp³-hybridized carbons (Fsp3) is 0.923. The first-order valence-corrected chi connectivity index (χ1v) is 9.24. The average Bonchev–Trinajstić information content (AvgIpc) is 2.84. The van der Waals surface area contributed by atoms with E-state index in [0.717, 1.165) is 32.4 Å². The quantitative estimate of drug-likeness (QED) is 0.607. The van der Waals surface area contributed by atoms with E-state index in [0.29, 0.717) is 25.0 Å². The number of hydrogen-bond donors (Lipinski definition) is 1. The van der Waals surface area contributed by atoms with Gasteiger partial charge in [0.15, 0.2) is 5.96 Å². The van der Waals surface area contributed by atoms with Gasteiger partial charge in [-0.05, 0) is 31.6 Å². The Hall–Kier alpha value is -0.820. The van der Waals surface area contributed by atoms with Crippen LogP contribution in [0, 0.1) is 5.92 Å². The monoisotopic (exact) mass is 302 g/mol. The molecule has 20 heavy (non-hydrogen) atoms. The topological polar surface area (TPSA) is 79.0 Å². The van der Waals surface area contributed by atoms with E-state index in [2.05, 4.69) is 16.8 Å². The van der Waals surface area contributed by atoms with Gasteiger partial charge in [0.1, 0.15) is 0 Å². The molecule has 0 saturated carbocycles. The van der Waals surface area contributed by atoms with E-state index in [1.54, 1.807) is 4.31 Å². The smallest absolute Gasteiger partial charge is 0.211 e. The van der Waals surface area contributed by atoms with Crippen LogP contribution in [0.5, 0.6) is 0 Å². The van der Waals surface area contributed by atoms with E-state index < -0.39 is 10.0 Å². The predicted molar refractivity (Wildman–Crippen MR) is 81.0 cm³/mol. The molecule has 2 aliphatic rings. The number of likely N-dealkylation sites (tertiary alicyclic amines) is 1. The fourth-order valence-electron chi connectivity index (χ4n) is 3.12. The summed E-state index contributed by atoms with van der Waals surface area (Å²) in [6.45, 7) is 5.22. The molecule has 6 nitrogen and oxygen atoms in total. The van der Waals surface area contributed by atoms with Crippen LogP contribution in [0.1, 0.15) is 32.6 Å². The zero-order valence-corrected chi connectivity index (χ0v) is 13.3. The summed E-state index contributed by atoms with van der Waals surface area (Å²) in [6, 6.07) is -0.0224. The first kappa shape index (κ1) is 15.6. The number of hydrogen-bond acceptors (Lipinski definition) is 3. The number of nitrogens with zero attached hydrogens (tertiary/aromatic N) is 3. The van der Waals surface area contributed by atoms with Crippen LogP contribution < -0.4 is 5.73 Å². The normalized spacial score (nSPS) is 29.9. The van der Waals surface area contributed by atoms with Gasteiger partial charge in [-0.15, -0.1) is 0 Å². The number of rotatable bonds is 3. The molecule has 2 heterocycles. The number of sulfonamides is 1. The van der Waals surface area contributed by atoms with Crippen molar-refractivity contribution in [3.05, 3.63) is 0 Å². The van der Waals surface area contributed by atoms with Crippen LogP contribution in [0.2, 0.25) is 0 Å². The number of nitrogens with two attached hydrogens (primary N) is 1. The third kappa shape index (κ3) is 3.85. The van der Waals surface area contributed by atoms with Gasteiger partial charge >= 0.3 is 0 Å². The first-order valence-electron chi connectivity index (χ1n) is 7.39. The van der Waals surface area contributed by atoms with Crippen molar-refractivity contribution in [1.82, 2.24) is 9.21 Å². The van der Waals surface area contributed by atoms with Crippen LogP contribution in [-0.2, 0) is 10.0 Å². The van der Waals surface area contributed by atoms with Crippen molar-refractivity contribution >= 4 is 16.0 Å². The maximum absolute atomic E-state index is 11.7. The van der Waals surface area contributed by atoms with E-state index in [-0.39, 0.29) is 6.04 Å². The first-order chi connectivity index (χ1) is 9.38. The molecule has 2 fully saturated rings. The van der Waals surface area contributed by atoms with E-state index >= 15 is 0 Å². The minimum absolute atomic E-state index is 0.0224. The summed E-state index contributed by atoms with van der Waals surface area (Å²) in [5.41, 5.74) is 6.05. The van der Waals surface area contributed by atoms with Crippen LogP contribution in [0.15, 0.2) is 4.99 Å². The number of aliphatic imine (C=N–C) groups is 1. The fourth-order valence-corrected chi connectivity index (χ4v) is 4.30. The Morgan fingerprint density at radius 2 is 2.00 bits per heavy atom. The average molecular weight is 302 g/mol. The SMILES string of the molecule is CC1CCCN(C(N)=NC[C@H]2CCCN2S(C)(=O)=O)C1. The number of guanidine groups is 1. The van der Waals surface area contributed by atoms with Crippen LogP contribution >= 0.6 is 0 Å². The zero-order chi connectivity index (χ0) is 14.8.